The highest BCUT2D eigenvalue weighted by molar-refractivity contribution is 5.66. The summed E-state index contributed by atoms with van der Waals surface area (Å²) in [5.74, 6) is 1.71. The molecular weight excluding hydrogens is 214 g/mol. The van der Waals surface area contributed by atoms with Crippen LogP contribution in [0.3, 0.4) is 0 Å². The number of fused-ring (bicyclic) bond motifs is 1. The molecule has 3 rings (SSSR count). The minimum absolute atomic E-state index is 0.186. The molecule has 17 heavy (non-hydrogen) atoms. The van der Waals surface area contributed by atoms with E-state index in [0.717, 1.165) is 17.3 Å². The van der Waals surface area contributed by atoms with Crippen molar-refractivity contribution in [2.45, 2.75) is 31.7 Å². The average molecular weight is 231 g/mol. The van der Waals surface area contributed by atoms with E-state index in [1.807, 2.05) is 23.8 Å². The predicted octanol–water partition coefficient (Wildman–Crippen LogP) is 2.13. The number of nitrogens with one attached hydrogen (secondary N) is 2. The van der Waals surface area contributed by atoms with Crippen LogP contribution >= 0.6 is 0 Å². The highest BCUT2D eigenvalue weighted by Gasteiger charge is 2.32. The summed E-state index contributed by atoms with van der Waals surface area (Å²) in [5.41, 5.74) is 1.07. The zero-order valence-corrected chi connectivity index (χ0v) is 10.2. The van der Waals surface area contributed by atoms with E-state index >= 15 is 0 Å². The van der Waals surface area contributed by atoms with Gasteiger partial charge in [-0.2, -0.15) is 0 Å². The molecule has 0 radical (unpaired) electrons. The van der Waals surface area contributed by atoms with Gasteiger partial charge in [0.1, 0.15) is 5.82 Å². The van der Waals surface area contributed by atoms with Crippen LogP contribution in [0.5, 0.6) is 0 Å². The van der Waals surface area contributed by atoms with Gasteiger partial charge in [0, 0.05) is 25.0 Å². The molecule has 0 aliphatic heterocycles. The molecule has 1 aliphatic rings. The van der Waals surface area contributed by atoms with E-state index in [-0.39, 0.29) is 5.54 Å². The normalized spacial score (nSPS) is 17.8. The van der Waals surface area contributed by atoms with Gasteiger partial charge in [-0.25, -0.2) is 9.97 Å². The van der Waals surface area contributed by atoms with Crippen molar-refractivity contribution in [2.24, 2.45) is 0 Å². The number of anilines is 2. The molecule has 2 heterocycles. The smallest absolute Gasteiger partial charge is 0.180 e. The second-order valence-corrected chi connectivity index (χ2v) is 4.92. The molecule has 0 amide bonds. The summed E-state index contributed by atoms with van der Waals surface area (Å²) in [4.78, 5) is 8.90. The Morgan fingerprint density at radius 2 is 2.24 bits per heavy atom. The van der Waals surface area contributed by atoms with E-state index < -0.39 is 0 Å². The molecule has 0 saturated heterocycles. The second-order valence-electron chi connectivity index (χ2n) is 4.92. The third kappa shape index (κ3) is 1.71. The summed E-state index contributed by atoms with van der Waals surface area (Å²) in [7, 11) is 1.87. The maximum absolute atomic E-state index is 4.55. The summed E-state index contributed by atoms with van der Waals surface area (Å²) < 4.78 is 1.99. The lowest BCUT2D eigenvalue weighted by Crippen LogP contribution is -2.42. The van der Waals surface area contributed by atoms with Crippen molar-refractivity contribution in [1.82, 2.24) is 14.4 Å². The molecule has 1 aliphatic carbocycles. The minimum Gasteiger partial charge on any atom is -0.372 e. The fourth-order valence-corrected chi connectivity index (χ4v) is 2.25. The molecule has 1 fully saturated rings. The Morgan fingerprint density at radius 1 is 1.41 bits per heavy atom. The summed E-state index contributed by atoms with van der Waals surface area (Å²) in [6.07, 6.45) is 9.37. The van der Waals surface area contributed by atoms with Crippen molar-refractivity contribution < 1.29 is 0 Å². The van der Waals surface area contributed by atoms with Gasteiger partial charge >= 0.3 is 0 Å². The van der Waals surface area contributed by atoms with E-state index in [1.54, 1.807) is 6.20 Å². The van der Waals surface area contributed by atoms with Gasteiger partial charge in [0.15, 0.2) is 11.5 Å². The van der Waals surface area contributed by atoms with Crippen LogP contribution in [0.4, 0.5) is 11.6 Å². The van der Waals surface area contributed by atoms with Crippen LogP contribution in [-0.2, 0) is 0 Å². The zero-order valence-electron chi connectivity index (χ0n) is 10.2. The average Bonchev–Trinajstić information content (AvgIpc) is 2.75. The van der Waals surface area contributed by atoms with Gasteiger partial charge < -0.3 is 15.0 Å². The quantitative estimate of drug-likeness (QED) is 0.849. The number of nitrogens with zero attached hydrogens (tertiary/aromatic N) is 3. The minimum atomic E-state index is 0.186. The summed E-state index contributed by atoms with van der Waals surface area (Å²) in [6, 6.07) is 0. The highest BCUT2D eigenvalue weighted by Crippen LogP contribution is 2.35. The standard InChI is InChI=1S/C12H17N5/c1-12(4-3-5-12)16-10-11-14-6-7-17(11)8-9(13-2)15-10/h6-8,13H,3-5H2,1-2H3,(H,15,16). The molecule has 2 aromatic rings. The van der Waals surface area contributed by atoms with Gasteiger partial charge in [-0.15, -0.1) is 0 Å². The lowest BCUT2D eigenvalue weighted by Gasteiger charge is -2.39. The van der Waals surface area contributed by atoms with E-state index in [4.69, 9.17) is 0 Å². The Hall–Kier alpha value is -1.78. The van der Waals surface area contributed by atoms with Crippen molar-refractivity contribution >= 4 is 17.3 Å². The first kappa shape index (κ1) is 10.4. The third-order valence-corrected chi connectivity index (χ3v) is 3.51. The molecule has 0 atom stereocenters. The molecule has 90 valence electrons. The molecule has 0 spiro atoms. The van der Waals surface area contributed by atoms with Crippen molar-refractivity contribution in [1.29, 1.82) is 0 Å². The number of imidazole rings is 1. The van der Waals surface area contributed by atoms with Gasteiger partial charge in [-0.3, -0.25) is 0 Å². The van der Waals surface area contributed by atoms with Gasteiger partial charge in [0.05, 0.1) is 6.20 Å². The van der Waals surface area contributed by atoms with Gasteiger partial charge in [0.25, 0.3) is 0 Å². The Morgan fingerprint density at radius 3 is 2.88 bits per heavy atom. The Bertz CT molecular complexity index is 541. The van der Waals surface area contributed by atoms with Crippen LogP contribution in [0, 0.1) is 0 Å². The summed E-state index contributed by atoms with van der Waals surface area (Å²) in [5, 5.41) is 6.60. The SMILES string of the molecule is CNc1cn2ccnc2c(NC2(C)CCC2)n1. The van der Waals surface area contributed by atoms with Gasteiger partial charge in [0.2, 0.25) is 0 Å². The van der Waals surface area contributed by atoms with Crippen molar-refractivity contribution in [3.63, 3.8) is 0 Å². The van der Waals surface area contributed by atoms with Crippen molar-refractivity contribution in [2.75, 3.05) is 17.7 Å². The van der Waals surface area contributed by atoms with E-state index in [2.05, 4.69) is 27.5 Å². The molecule has 0 bridgehead atoms. The molecule has 2 N–H and O–H groups in total. The predicted molar refractivity (Wildman–Crippen MR) is 68.4 cm³/mol. The van der Waals surface area contributed by atoms with Crippen LogP contribution in [0.2, 0.25) is 0 Å². The zero-order chi connectivity index (χ0) is 11.9. The molecule has 0 unspecified atom stereocenters. The first-order valence-corrected chi connectivity index (χ1v) is 6.00. The van der Waals surface area contributed by atoms with E-state index in [9.17, 15) is 0 Å². The maximum Gasteiger partial charge on any atom is 0.180 e. The number of hydrogen-bond donors (Lipinski definition) is 2. The third-order valence-electron chi connectivity index (χ3n) is 3.51. The fraction of sp³-hybridized carbons (Fsp3) is 0.500. The number of aromatic nitrogens is 3. The molecule has 2 aromatic heterocycles. The van der Waals surface area contributed by atoms with Crippen molar-refractivity contribution in [3.05, 3.63) is 18.6 Å². The molecule has 0 aromatic carbocycles. The van der Waals surface area contributed by atoms with E-state index in [0.29, 0.717) is 0 Å². The number of hydrogen-bond acceptors (Lipinski definition) is 4. The van der Waals surface area contributed by atoms with Gasteiger partial charge in [-0.1, -0.05) is 0 Å². The molecule has 5 nitrogen and oxygen atoms in total. The molecular formula is C12H17N5. The molecule has 5 heteroatoms. The van der Waals surface area contributed by atoms with Crippen molar-refractivity contribution in [3.8, 4) is 0 Å². The lowest BCUT2D eigenvalue weighted by molar-refractivity contribution is 0.306. The van der Waals surface area contributed by atoms with Crippen LogP contribution in [0.1, 0.15) is 26.2 Å². The second kappa shape index (κ2) is 3.61. The Balaban J connectivity index is 2.03. The van der Waals surface area contributed by atoms with Crippen LogP contribution in [0.15, 0.2) is 18.6 Å². The Labute approximate surface area is 100 Å². The van der Waals surface area contributed by atoms with Crippen LogP contribution < -0.4 is 10.6 Å². The largest absolute Gasteiger partial charge is 0.372 e. The monoisotopic (exact) mass is 231 g/mol. The lowest BCUT2D eigenvalue weighted by atomic mass is 9.78. The Kier molecular flexibility index (Phi) is 2.21. The molecule has 1 saturated carbocycles. The van der Waals surface area contributed by atoms with Crippen LogP contribution in [-0.4, -0.2) is 27.0 Å². The van der Waals surface area contributed by atoms with E-state index in [1.165, 1.54) is 19.3 Å². The maximum atomic E-state index is 4.55. The topological polar surface area (TPSA) is 54.2 Å². The summed E-state index contributed by atoms with van der Waals surface area (Å²) >= 11 is 0. The fourth-order valence-electron chi connectivity index (χ4n) is 2.25. The first-order valence-electron chi connectivity index (χ1n) is 6.00. The number of rotatable bonds is 3. The van der Waals surface area contributed by atoms with Crippen LogP contribution in [0.25, 0.3) is 5.65 Å². The highest BCUT2D eigenvalue weighted by atomic mass is 15.2. The van der Waals surface area contributed by atoms with Gasteiger partial charge in [-0.05, 0) is 26.2 Å². The summed E-state index contributed by atoms with van der Waals surface area (Å²) in [6.45, 7) is 2.24. The first-order chi connectivity index (χ1) is 8.20.